The van der Waals surface area contributed by atoms with Crippen LogP contribution in [0.3, 0.4) is 0 Å². The summed E-state index contributed by atoms with van der Waals surface area (Å²) in [6.07, 6.45) is 3.14. The van der Waals surface area contributed by atoms with Crippen LogP contribution in [0.4, 0.5) is 0 Å². The van der Waals surface area contributed by atoms with Crippen LogP contribution in [-0.2, 0) is 12.8 Å². The van der Waals surface area contributed by atoms with Crippen molar-refractivity contribution < 1.29 is 0 Å². The average Bonchev–Trinajstić information content (AvgIpc) is 3.04. The van der Waals surface area contributed by atoms with Gasteiger partial charge in [-0.3, -0.25) is 0 Å². The first-order chi connectivity index (χ1) is 8.85. The standard InChI is InChI=1S/C13H19N3S2/c1-3-7-14-12(9-10-6-5-8-17-10)13-11(4-2)15-16-18-13/h5-6,8,12,14H,3-4,7,9H2,1-2H3. The van der Waals surface area contributed by atoms with Gasteiger partial charge in [-0.1, -0.05) is 24.4 Å². The maximum Gasteiger partial charge on any atom is 0.0801 e. The van der Waals surface area contributed by atoms with Gasteiger partial charge < -0.3 is 5.32 Å². The second kappa shape index (κ2) is 6.97. The summed E-state index contributed by atoms with van der Waals surface area (Å²) in [4.78, 5) is 2.72. The van der Waals surface area contributed by atoms with Gasteiger partial charge in [0.2, 0.25) is 0 Å². The summed E-state index contributed by atoms with van der Waals surface area (Å²) in [5.74, 6) is 0. The molecule has 2 aromatic rings. The fraction of sp³-hybridized carbons (Fsp3) is 0.538. The highest BCUT2D eigenvalue weighted by Crippen LogP contribution is 2.26. The van der Waals surface area contributed by atoms with Crippen LogP contribution in [0.2, 0.25) is 0 Å². The van der Waals surface area contributed by atoms with Crippen LogP contribution in [0.5, 0.6) is 0 Å². The summed E-state index contributed by atoms with van der Waals surface area (Å²) in [7, 11) is 0. The van der Waals surface area contributed by atoms with E-state index >= 15 is 0 Å². The third-order valence-electron chi connectivity index (χ3n) is 2.86. The molecule has 0 fully saturated rings. The summed E-state index contributed by atoms with van der Waals surface area (Å²) < 4.78 is 4.11. The average molecular weight is 281 g/mol. The number of aromatic nitrogens is 2. The molecule has 0 amide bonds. The quantitative estimate of drug-likeness (QED) is 0.844. The van der Waals surface area contributed by atoms with Crippen molar-refractivity contribution in [3.8, 4) is 0 Å². The van der Waals surface area contributed by atoms with Crippen molar-refractivity contribution in [1.29, 1.82) is 0 Å². The van der Waals surface area contributed by atoms with Gasteiger partial charge in [0.1, 0.15) is 0 Å². The molecule has 0 saturated heterocycles. The first kappa shape index (κ1) is 13.6. The van der Waals surface area contributed by atoms with E-state index in [2.05, 4.69) is 46.3 Å². The molecule has 0 saturated carbocycles. The van der Waals surface area contributed by atoms with Crippen LogP contribution in [0.15, 0.2) is 17.5 Å². The van der Waals surface area contributed by atoms with Gasteiger partial charge in [0.15, 0.2) is 0 Å². The van der Waals surface area contributed by atoms with Crippen molar-refractivity contribution in [3.05, 3.63) is 33.0 Å². The molecule has 0 aromatic carbocycles. The molecule has 0 radical (unpaired) electrons. The lowest BCUT2D eigenvalue weighted by Gasteiger charge is -2.16. The lowest BCUT2D eigenvalue weighted by Crippen LogP contribution is -2.24. The molecule has 2 rings (SSSR count). The van der Waals surface area contributed by atoms with Crippen LogP contribution in [0.25, 0.3) is 0 Å². The first-order valence-corrected chi connectivity index (χ1v) is 8.07. The lowest BCUT2D eigenvalue weighted by molar-refractivity contribution is 0.535. The molecule has 2 aromatic heterocycles. The Morgan fingerprint density at radius 3 is 2.94 bits per heavy atom. The zero-order valence-corrected chi connectivity index (χ0v) is 12.5. The topological polar surface area (TPSA) is 37.8 Å². The van der Waals surface area contributed by atoms with Gasteiger partial charge in [-0.05, 0) is 42.4 Å². The van der Waals surface area contributed by atoms with E-state index in [1.165, 1.54) is 21.3 Å². The molecule has 0 aliphatic heterocycles. The molecule has 1 atom stereocenters. The van der Waals surface area contributed by atoms with Gasteiger partial charge in [0.05, 0.1) is 10.6 Å². The molecule has 2 heterocycles. The fourth-order valence-electron chi connectivity index (χ4n) is 1.93. The molecule has 3 nitrogen and oxygen atoms in total. The summed E-state index contributed by atoms with van der Waals surface area (Å²) in [6, 6.07) is 4.67. The molecule has 18 heavy (non-hydrogen) atoms. The Kier molecular flexibility index (Phi) is 5.28. The SMILES string of the molecule is CCCNC(Cc1cccs1)c1snnc1CC. The van der Waals surface area contributed by atoms with Crippen LogP contribution in [-0.4, -0.2) is 16.1 Å². The summed E-state index contributed by atoms with van der Waals surface area (Å²) in [5.41, 5.74) is 1.14. The Morgan fingerprint density at radius 1 is 1.39 bits per heavy atom. The second-order valence-electron chi connectivity index (χ2n) is 4.23. The number of nitrogens with zero attached hydrogens (tertiary/aromatic N) is 2. The molecule has 0 aliphatic rings. The second-order valence-corrected chi connectivity index (χ2v) is 6.05. The predicted molar refractivity (Wildman–Crippen MR) is 78.3 cm³/mol. The minimum Gasteiger partial charge on any atom is -0.309 e. The molecule has 0 spiro atoms. The van der Waals surface area contributed by atoms with E-state index in [-0.39, 0.29) is 0 Å². The number of thiophene rings is 1. The minimum atomic E-state index is 0.360. The van der Waals surface area contributed by atoms with Gasteiger partial charge in [-0.25, -0.2) is 0 Å². The maximum absolute atomic E-state index is 4.22. The fourth-order valence-corrected chi connectivity index (χ4v) is 3.50. The predicted octanol–water partition coefficient (Wildman–Crippen LogP) is 3.45. The summed E-state index contributed by atoms with van der Waals surface area (Å²) >= 11 is 3.35. The van der Waals surface area contributed by atoms with E-state index in [4.69, 9.17) is 0 Å². The zero-order chi connectivity index (χ0) is 12.8. The Balaban J connectivity index is 2.14. The molecular formula is C13H19N3S2. The van der Waals surface area contributed by atoms with E-state index in [1.54, 1.807) is 0 Å². The van der Waals surface area contributed by atoms with Gasteiger partial charge in [-0.2, -0.15) is 0 Å². The Hall–Kier alpha value is -0.780. The summed E-state index contributed by atoms with van der Waals surface area (Å²) in [5, 5.41) is 9.98. The third-order valence-corrected chi connectivity index (χ3v) is 4.64. The van der Waals surface area contributed by atoms with Gasteiger partial charge in [0.25, 0.3) is 0 Å². The first-order valence-electron chi connectivity index (χ1n) is 6.42. The van der Waals surface area contributed by atoms with E-state index in [9.17, 15) is 0 Å². The van der Waals surface area contributed by atoms with Crippen LogP contribution >= 0.6 is 22.9 Å². The number of aryl methyl sites for hydroxylation is 1. The van der Waals surface area contributed by atoms with Crippen molar-refractivity contribution >= 4 is 22.9 Å². The van der Waals surface area contributed by atoms with Crippen molar-refractivity contribution in [2.45, 2.75) is 39.2 Å². The van der Waals surface area contributed by atoms with Crippen molar-refractivity contribution in [2.75, 3.05) is 6.54 Å². The van der Waals surface area contributed by atoms with Gasteiger partial charge in [-0.15, -0.1) is 16.4 Å². The molecule has 1 unspecified atom stereocenters. The van der Waals surface area contributed by atoms with E-state index in [0.717, 1.165) is 31.5 Å². The largest absolute Gasteiger partial charge is 0.309 e. The van der Waals surface area contributed by atoms with Gasteiger partial charge >= 0.3 is 0 Å². The normalized spacial score (nSPS) is 12.8. The van der Waals surface area contributed by atoms with Crippen molar-refractivity contribution in [2.24, 2.45) is 0 Å². The maximum atomic E-state index is 4.22. The Bertz CT molecular complexity index is 451. The lowest BCUT2D eigenvalue weighted by atomic mass is 10.1. The number of rotatable bonds is 7. The summed E-state index contributed by atoms with van der Waals surface area (Å²) in [6.45, 7) is 5.38. The highest BCUT2D eigenvalue weighted by molar-refractivity contribution is 7.10. The molecule has 1 N–H and O–H groups in total. The zero-order valence-electron chi connectivity index (χ0n) is 10.8. The molecule has 0 aliphatic carbocycles. The molecule has 0 bridgehead atoms. The number of nitrogens with one attached hydrogen (secondary N) is 1. The van der Waals surface area contributed by atoms with Crippen molar-refractivity contribution in [3.63, 3.8) is 0 Å². The molecule has 5 heteroatoms. The highest BCUT2D eigenvalue weighted by Gasteiger charge is 2.18. The smallest absolute Gasteiger partial charge is 0.0801 e. The van der Waals surface area contributed by atoms with E-state index in [1.807, 2.05) is 11.3 Å². The van der Waals surface area contributed by atoms with E-state index < -0.39 is 0 Å². The highest BCUT2D eigenvalue weighted by atomic mass is 32.1. The molecular weight excluding hydrogens is 262 g/mol. The van der Waals surface area contributed by atoms with Crippen LogP contribution in [0, 0.1) is 0 Å². The minimum absolute atomic E-state index is 0.360. The molecule has 98 valence electrons. The number of hydrogen-bond donors (Lipinski definition) is 1. The van der Waals surface area contributed by atoms with Gasteiger partial charge in [0, 0.05) is 17.3 Å². The van der Waals surface area contributed by atoms with Crippen LogP contribution < -0.4 is 5.32 Å². The Labute approximate surface area is 116 Å². The Morgan fingerprint density at radius 2 is 2.28 bits per heavy atom. The van der Waals surface area contributed by atoms with Crippen molar-refractivity contribution in [1.82, 2.24) is 14.9 Å². The van der Waals surface area contributed by atoms with Crippen LogP contribution in [0.1, 0.15) is 41.8 Å². The van der Waals surface area contributed by atoms with E-state index in [0.29, 0.717) is 6.04 Å². The third kappa shape index (κ3) is 3.37. The number of hydrogen-bond acceptors (Lipinski definition) is 5. The monoisotopic (exact) mass is 281 g/mol.